The van der Waals surface area contributed by atoms with Crippen molar-refractivity contribution in [2.75, 3.05) is 23.9 Å². The van der Waals surface area contributed by atoms with E-state index in [1.165, 1.54) is 0 Å². The maximum absolute atomic E-state index is 12.8. The van der Waals surface area contributed by atoms with Crippen LogP contribution < -0.4 is 19.7 Å². The minimum absolute atomic E-state index is 0.0937. The number of nitrogens with one attached hydrogen (secondary N) is 1. The van der Waals surface area contributed by atoms with E-state index < -0.39 is 5.92 Å². The number of hydrogen-bond donors (Lipinski definition) is 1. The highest BCUT2D eigenvalue weighted by Gasteiger charge is 2.36. The number of para-hydroxylation sites is 2. The molecule has 1 saturated heterocycles. The van der Waals surface area contributed by atoms with Gasteiger partial charge in [-0.1, -0.05) is 42.5 Å². The van der Waals surface area contributed by atoms with Gasteiger partial charge < -0.3 is 19.7 Å². The highest BCUT2D eigenvalue weighted by Crippen LogP contribution is 2.33. The van der Waals surface area contributed by atoms with E-state index >= 15 is 0 Å². The van der Waals surface area contributed by atoms with Crippen LogP contribution in [0.1, 0.15) is 6.42 Å². The SMILES string of the molecule is COc1ccccc1N1C[C@@H](C(=O)Nc2ccc(Oc3ccc4ccccc4c3)cc2)CC1=O. The van der Waals surface area contributed by atoms with Crippen LogP contribution in [-0.4, -0.2) is 25.5 Å². The van der Waals surface area contributed by atoms with Crippen molar-refractivity contribution in [1.82, 2.24) is 0 Å². The molecule has 1 aliphatic heterocycles. The Balaban J connectivity index is 1.22. The first-order valence-electron chi connectivity index (χ1n) is 11.1. The number of rotatable bonds is 6. The molecule has 1 N–H and O–H groups in total. The van der Waals surface area contributed by atoms with E-state index in [1.54, 1.807) is 30.2 Å². The van der Waals surface area contributed by atoms with Crippen molar-refractivity contribution in [3.63, 3.8) is 0 Å². The van der Waals surface area contributed by atoms with Gasteiger partial charge in [-0.05, 0) is 59.3 Å². The van der Waals surface area contributed by atoms with Crippen molar-refractivity contribution in [2.24, 2.45) is 5.92 Å². The Morgan fingerprint density at radius 2 is 1.59 bits per heavy atom. The highest BCUT2D eigenvalue weighted by atomic mass is 16.5. The predicted octanol–water partition coefficient (Wildman–Crippen LogP) is 5.63. The van der Waals surface area contributed by atoms with E-state index in [1.807, 2.05) is 66.7 Å². The van der Waals surface area contributed by atoms with Gasteiger partial charge in [0.25, 0.3) is 0 Å². The van der Waals surface area contributed by atoms with E-state index in [-0.39, 0.29) is 18.2 Å². The number of carbonyl (C=O) groups is 2. The zero-order chi connectivity index (χ0) is 23.5. The average Bonchev–Trinajstić information content (AvgIpc) is 3.26. The van der Waals surface area contributed by atoms with Gasteiger partial charge in [-0.15, -0.1) is 0 Å². The normalized spacial score (nSPS) is 15.4. The van der Waals surface area contributed by atoms with Crippen LogP contribution in [0.3, 0.4) is 0 Å². The number of fused-ring (bicyclic) bond motifs is 1. The Bertz CT molecular complexity index is 1350. The molecule has 1 aliphatic rings. The first-order valence-corrected chi connectivity index (χ1v) is 11.1. The Hall–Kier alpha value is -4.32. The molecule has 6 heteroatoms. The Kier molecular flexibility index (Phi) is 5.87. The molecule has 1 heterocycles. The molecule has 34 heavy (non-hydrogen) atoms. The average molecular weight is 453 g/mol. The van der Waals surface area contributed by atoms with Crippen molar-refractivity contribution in [3.8, 4) is 17.2 Å². The lowest BCUT2D eigenvalue weighted by atomic mass is 10.1. The maximum Gasteiger partial charge on any atom is 0.229 e. The predicted molar refractivity (Wildman–Crippen MR) is 133 cm³/mol. The van der Waals surface area contributed by atoms with Crippen LogP contribution in [-0.2, 0) is 9.59 Å². The van der Waals surface area contributed by atoms with Gasteiger partial charge in [0.15, 0.2) is 0 Å². The third-order valence-corrected chi connectivity index (χ3v) is 5.95. The van der Waals surface area contributed by atoms with Crippen molar-refractivity contribution in [1.29, 1.82) is 0 Å². The van der Waals surface area contributed by atoms with E-state index in [0.717, 1.165) is 16.5 Å². The lowest BCUT2D eigenvalue weighted by Gasteiger charge is -2.19. The summed E-state index contributed by atoms with van der Waals surface area (Å²) in [6.45, 7) is 0.314. The zero-order valence-corrected chi connectivity index (χ0v) is 18.7. The molecule has 5 rings (SSSR count). The van der Waals surface area contributed by atoms with Gasteiger partial charge in [0, 0.05) is 18.7 Å². The minimum Gasteiger partial charge on any atom is -0.495 e. The van der Waals surface area contributed by atoms with Crippen LogP contribution in [0.5, 0.6) is 17.2 Å². The lowest BCUT2D eigenvalue weighted by molar-refractivity contribution is -0.122. The summed E-state index contributed by atoms with van der Waals surface area (Å²) in [5.74, 6) is 1.31. The summed E-state index contributed by atoms with van der Waals surface area (Å²) in [5.41, 5.74) is 1.33. The van der Waals surface area contributed by atoms with E-state index in [2.05, 4.69) is 11.4 Å². The minimum atomic E-state index is -0.439. The summed E-state index contributed by atoms with van der Waals surface area (Å²) in [6, 6.07) is 28.6. The van der Waals surface area contributed by atoms with Crippen LogP contribution in [0.15, 0.2) is 91.0 Å². The number of hydrogen-bond acceptors (Lipinski definition) is 4. The van der Waals surface area contributed by atoms with Crippen LogP contribution in [0.25, 0.3) is 10.8 Å². The molecule has 4 aromatic rings. The van der Waals surface area contributed by atoms with Crippen molar-refractivity contribution < 1.29 is 19.1 Å². The summed E-state index contributed by atoms with van der Waals surface area (Å²) >= 11 is 0. The second kappa shape index (κ2) is 9.27. The van der Waals surface area contributed by atoms with Gasteiger partial charge in [-0.25, -0.2) is 0 Å². The molecule has 0 unspecified atom stereocenters. The Morgan fingerprint density at radius 1 is 0.882 bits per heavy atom. The molecular weight excluding hydrogens is 428 g/mol. The molecule has 0 radical (unpaired) electrons. The lowest BCUT2D eigenvalue weighted by Crippen LogP contribution is -2.28. The van der Waals surface area contributed by atoms with Crippen molar-refractivity contribution >= 4 is 34.0 Å². The van der Waals surface area contributed by atoms with Crippen molar-refractivity contribution in [2.45, 2.75) is 6.42 Å². The molecule has 2 amide bonds. The fraction of sp³-hybridized carbons (Fsp3) is 0.143. The van der Waals surface area contributed by atoms with Crippen molar-refractivity contribution in [3.05, 3.63) is 91.0 Å². The first kappa shape index (κ1) is 21.5. The fourth-order valence-electron chi connectivity index (χ4n) is 4.19. The molecule has 0 spiro atoms. The molecule has 1 fully saturated rings. The molecule has 6 nitrogen and oxygen atoms in total. The Labute approximate surface area is 197 Å². The van der Waals surface area contributed by atoms with E-state index in [0.29, 0.717) is 29.4 Å². The number of methoxy groups -OCH3 is 1. The largest absolute Gasteiger partial charge is 0.495 e. The summed E-state index contributed by atoms with van der Waals surface area (Å²) in [7, 11) is 1.57. The summed E-state index contributed by atoms with van der Waals surface area (Å²) in [4.78, 5) is 27.0. The molecule has 0 aliphatic carbocycles. The molecule has 0 aromatic heterocycles. The smallest absolute Gasteiger partial charge is 0.229 e. The number of nitrogens with zero attached hydrogens (tertiary/aromatic N) is 1. The van der Waals surface area contributed by atoms with Gasteiger partial charge in [-0.3, -0.25) is 9.59 Å². The molecule has 0 saturated carbocycles. The van der Waals surface area contributed by atoms with Crippen LogP contribution >= 0.6 is 0 Å². The number of anilines is 2. The summed E-state index contributed by atoms with van der Waals surface area (Å²) in [6.07, 6.45) is 0.160. The highest BCUT2D eigenvalue weighted by molar-refractivity contribution is 6.04. The molecular formula is C28H24N2O4. The standard InChI is InChI=1S/C28H24N2O4/c1-33-26-9-5-4-8-25(26)30-18-21(17-27(30)31)28(32)29-22-11-14-23(15-12-22)34-24-13-10-19-6-2-3-7-20(19)16-24/h2-16,21H,17-18H2,1H3,(H,29,32)/t21-/m0/s1. The first-order chi connectivity index (χ1) is 16.6. The van der Waals surface area contributed by atoms with Gasteiger partial charge in [0.1, 0.15) is 17.2 Å². The van der Waals surface area contributed by atoms with E-state index in [9.17, 15) is 9.59 Å². The van der Waals surface area contributed by atoms with Gasteiger partial charge in [-0.2, -0.15) is 0 Å². The second-order valence-electron chi connectivity index (χ2n) is 8.20. The fourth-order valence-corrected chi connectivity index (χ4v) is 4.19. The molecule has 4 aromatic carbocycles. The third-order valence-electron chi connectivity index (χ3n) is 5.95. The molecule has 170 valence electrons. The van der Waals surface area contributed by atoms with Crippen LogP contribution in [0.2, 0.25) is 0 Å². The summed E-state index contributed by atoms with van der Waals surface area (Å²) in [5, 5.41) is 5.18. The van der Waals surface area contributed by atoms with Gasteiger partial charge in [0.2, 0.25) is 11.8 Å². The quantitative estimate of drug-likeness (QED) is 0.412. The second-order valence-corrected chi connectivity index (χ2v) is 8.20. The van der Waals surface area contributed by atoms with Gasteiger partial charge in [0.05, 0.1) is 18.7 Å². The van der Waals surface area contributed by atoms with Gasteiger partial charge >= 0.3 is 0 Å². The van der Waals surface area contributed by atoms with Crippen LogP contribution in [0, 0.1) is 5.92 Å². The maximum atomic E-state index is 12.8. The van der Waals surface area contributed by atoms with Crippen LogP contribution in [0.4, 0.5) is 11.4 Å². The monoisotopic (exact) mass is 452 g/mol. The number of carbonyl (C=O) groups excluding carboxylic acids is 2. The molecule has 0 bridgehead atoms. The number of benzene rings is 4. The topological polar surface area (TPSA) is 67.9 Å². The number of amides is 2. The zero-order valence-electron chi connectivity index (χ0n) is 18.7. The third kappa shape index (κ3) is 4.43. The summed E-state index contributed by atoms with van der Waals surface area (Å²) < 4.78 is 11.3. The number of ether oxygens (including phenoxy) is 2. The Morgan fingerprint density at radius 3 is 2.38 bits per heavy atom. The van der Waals surface area contributed by atoms with E-state index in [4.69, 9.17) is 9.47 Å². The molecule has 1 atom stereocenters.